The number of hydrogen-bond acceptors (Lipinski definition) is 4. The normalized spacial score (nSPS) is 16.1. The lowest BCUT2D eigenvalue weighted by Crippen LogP contribution is -2.28. The van der Waals surface area contributed by atoms with E-state index >= 15 is 0 Å². The van der Waals surface area contributed by atoms with Gasteiger partial charge in [-0.2, -0.15) is 0 Å². The molecule has 2 aromatic heterocycles. The van der Waals surface area contributed by atoms with Gasteiger partial charge in [-0.3, -0.25) is 4.90 Å². The van der Waals surface area contributed by atoms with Gasteiger partial charge < -0.3 is 5.73 Å². The van der Waals surface area contributed by atoms with Crippen LogP contribution in [0.15, 0.2) is 23.6 Å². The Kier molecular flexibility index (Phi) is 3.29. The number of fused-ring (bicyclic) bond motifs is 1. The molecule has 0 saturated carbocycles. The number of rotatable bonds is 3. The van der Waals surface area contributed by atoms with Crippen LogP contribution in [0.25, 0.3) is 0 Å². The summed E-state index contributed by atoms with van der Waals surface area (Å²) in [6, 6.07) is 6.64. The van der Waals surface area contributed by atoms with Crippen LogP contribution in [0.2, 0.25) is 0 Å². The smallest absolute Gasteiger partial charge is 0.0331 e. The summed E-state index contributed by atoms with van der Waals surface area (Å²) in [5.41, 5.74) is 7.17. The summed E-state index contributed by atoms with van der Waals surface area (Å²) in [5.74, 6) is 0. The van der Waals surface area contributed by atoms with E-state index in [9.17, 15) is 0 Å². The third kappa shape index (κ3) is 2.45. The van der Waals surface area contributed by atoms with E-state index in [4.69, 9.17) is 5.73 Å². The molecule has 90 valence electrons. The maximum absolute atomic E-state index is 5.64. The van der Waals surface area contributed by atoms with Crippen molar-refractivity contribution in [3.05, 3.63) is 43.8 Å². The predicted octanol–water partition coefficient (Wildman–Crippen LogP) is 2.83. The molecule has 0 fully saturated rings. The Labute approximate surface area is 110 Å². The predicted molar refractivity (Wildman–Crippen MR) is 74.3 cm³/mol. The molecule has 0 saturated heterocycles. The van der Waals surface area contributed by atoms with Gasteiger partial charge in [0, 0.05) is 40.8 Å². The minimum absolute atomic E-state index is 0.666. The zero-order valence-electron chi connectivity index (χ0n) is 9.69. The van der Waals surface area contributed by atoms with Crippen LogP contribution < -0.4 is 5.73 Å². The van der Waals surface area contributed by atoms with Gasteiger partial charge in [0.05, 0.1) is 0 Å². The second kappa shape index (κ2) is 4.90. The summed E-state index contributed by atoms with van der Waals surface area (Å²) < 4.78 is 0. The number of hydrogen-bond donors (Lipinski definition) is 1. The van der Waals surface area contributed by atoms with E-state index < -0.39 is 0 Å². The highest BCUT2D eigenvalue weighted by molar-refractivity contribution is 7.12. The van der Waals surface area contributed by atoms with E-state index in [0.717, 1.165) is 13.1 Å². The Hall–Kier alpha value is -0.680. The summed E-state index contributed by atoms with van der Waals surface area (Å²) in [6.07, 6.45) is 1.21. The minimum Gasteiger partial charge on any atom is -0.326 e. The lowest BCUT2D eigenvalue weighted by atomic mass is 10.1. The Balaban J connectivity index is 1.67. The van der Waals surface area contributed by atoms with Crippen LogP contribution in [-0.2, 0) is 26.1 Å². The monoisotopic (exact) mass is 264 g/mol. The molecule has 17 heavy (non-hydrogen) atoms. The van der Waals surface area contributed by atoms with Gasteiger partial charge in [0.15, 0.2) is 0 Å². The number of nitrogens with zero attached hydrogens (tertiary/aromatic N) is 1. The van der Waals surface area contributed by atoms with Crippen LogP contribution in [0.3, 0.4) is 0 Å². The van der Waals surface area contributed by atoms with Gasteiger partial charge in [-0.1, -0.05) is 0 Å². The average Bonchev–Trinajstić information content (AvgIpc) is 2.96. The number of thiophene rings is 2. The quantitative estimate of drug-likeness (QED) is 0.923. The maximum Gasteiger partial charge on any atom is 0.0331 e. The molecular weight excluding hydrogens is 248 g/mol. The second-order valence-corrected chi connectivity index (χ2v) is 6.66. The van der Waals surface area contributed by atoms with Crippen molar-refractivity contribution in [2.75, 3.05) is 6.54 Å². The molecule has 0 bridgehead atoms. The van der Waals surface area contributed by atoms with E-state index in [1.807, 2.05) is 22.7 Å². The topological polar surface area (TPSA) is 29.3 Å². The summed E-state index contributed by atoms with van der Waals surface area (Å²) in [6.45, 7) is 4.03. The molecule has 3 heterocycles. The van der Waals surface area contributed by atoms with Gasteiger partial charge in [-0.25, -0.2) is 0 Å². The first kappa shape index (κ1) is 11.4. The van der Waals surface area contributed by atoms with Crippen molar-refractivity contribution in [2.24, 2.45) is 5.73 Å². The highest BCUT2D eigenvalue weighted by Crippen LogP contribution is 2.26. The van der Waals surface area contributed by atoms with Crippen molar-refractivity contribution in [3.8, 4) is 0 Å². The summed E-state index contributed by atoms with van der Waals surface area (Å²) >= 11 is 3.75. The highest BCUT2D eigenvalue weighted by atomic mass is 32.1. The summed E-state index contributed by atoms with van der Waals surface area (Å²) in [4.78, 5) is 6.83. The molecular formula is C13H16N2S2. The lowest BCUT2D eigenvalue weighted by Gasteiger charge is -2.26. The molecule has 2 N–H and O–H groups in total. The third-order valence-corrected chi connectivity index (χ3v) is 5.30. The fourth-order valence-corrected chi connectivity index (χ4v) is 4.11. The number of nitrogens with two attached hydrogens (primary N) is 1. The fraction of sp³-hybridized carbons (Fsp3) is 0.385. The molecule has 4 heteroatoms. The van der Waals surface area contributed by atoms with Crippen molar-refractivity contribution in [1.29, 1.82) is 0 Å². The van der Waals surface area contributed by atoms with Crippen molar-refractivity contribution < 1.29 is 0 Å². The van der Waals surface area contributed by atoms with Crippen LogP contribution in [-0.4, -0.2) is 11.4 Å². The Bertz CT molecular complexity index is 501. The van der Waals surface area contributed by atoms with Gasteiger partial charge in [0.25, 0.3) is 0 Å². The Morgan fingerprint density at radius 3 is 2.94 bits per heavy atom. The zero-order valence-corrected chi connectivity index (χ0v) is 11.3. The van der Waals surface area contributed by atoms with Crippen molar-refractivity contribution in [2.45, 2.75) is 26.1 Å². The molecule has 0 aromatic carbocycles. The lowest BCUT2D eigenvalue weighted by molar-refractivity contribution is 0.249. The van der Waals surface area contributed by atoms with E-state index in [-0.39, 0.29) is 0 Å². The van der Waals surface area contributed by atoms with Gasteiger partial charge in [0.1, 0.15) is 0 Å². The molecule has 2 nitrogen and oxygen atoms in total. The van der Waals surface area contributed by atoms with Crippen LogP contribution in [0.5, 0.6) is 0 Å². The first-order valence-corrected chi connectivity index (χ1v) is 7.60. The van der Waals surface area contributed by atoms with Gasteiger partial charge in [0.2, 0.25) is 0 Å². The molecule has 0 radical (unpaired) electrons. The molecule has 0 atom stereocenters. The minimum atomic E-state index is 0.666. The van der Waals surface area contributed by atoms with E-state index in [0.29, 0.717) is 6.54 Å². The zero-order chi connectivity index (χ0) is 11.7. The van der Waals surface area contributed by atoms with Gasteiger partial charge in [-0.15, -0.1) is 22.7 Å². The largest absolute Gasteiger partial charge is 0.326 e. The fourth-order valence-electron chi connectivity index (χ4n) is 2.28. The highest BCUT2D eigenvalue weighted by Gasteiger charge is 2.17. The van der Waals surface area contributed by atoms with E-state index in [2.05, 4.69) is 28.5 Å². The van der Waals surface area contributed by atoms with E-state index in [1.54, 1.807) is 4.88 Å². The molecule has 0 unspecified atom stereocenters. The first-order chi connectivity index (χ1) is 8.35. The SMILES string of the molecule is NCc1ccc(CN2CCc3sccc3C2)s1. The van der Waals surface area contributed by atoms with Crippen LogP contribution in [0, 0.1) is 0 Å². The van der Waals surface area contributed by atoms with E-state index in [1.165, 1.54) is 28.3 Å². The van der Waals surface area contributed by atoms with Gasteiger partial charge in [-0.05, 0) is 35.6 Å². The van der Waals surface area contributed by atoms with Crippen LogP contribution >= 0.6 is 22.7 Å². The first-order valence-electron chi connectivity index (χ1n) is 5.90. The molecule has 0 aliphatic carbocycles. The standard InChI is InChI=1S/C13H16N2S2/c14-7-11-1-2-12(17-11)9-15-5-3-13-10(8-15)4-6-16-13/h1-2,4,6H,3,5,7-9,14H2. The van der Waals surface area contributed by atoms with Crippen molar-refractivity contribution in [3.63, 3.8) is 0 Å². The average molecular weight is 264 g/mol. The Morgan fingerprint density at radius 2 is 2.12 bits per heavy atom. The third-order valence-electron chi connectivity index (χ3n) is 3.18. The van der Waals surface area contributed by atoms with Crippen LogP contribution in [0.1, 0.15) is 20.2 Å². The van der Waals surface area contributed by atoms with Crippen molar-refractivity contribution >= 4 is 22.7 Å². The van der Waals surface area contributed by atoms with Gasteiger partial charge >= 0.3 is 0 Å². The molecule has 1 aliphatic rings. The molecule has 3 rings (SSSR count). The summed E-state index contributed by atoms with van der Waals surface area (Å²) in [7, 11) is 0. The molecule has 2 aromatic rings. The molecule has 0 spiro atoms. The molecule has 0 amide bonds. The Morgan fingerprint density at radius 1 is 1.24 bits per heavy atom. The second-order valence-electron chi connectivity index (χ2n) is 4.40. The van der Waals surface area contributed by atoms with Crippen molar-refractivity contribution in [1.82, 2.24) is 4.90 Å². The maximum atomic E-state index is 5.64. The molecule has 1 aliphatic heterocycles. The summed E-state index contributed by atoms with van der Waals surface area (Å²) in [5, 5.41) is 2.21. The van der Waals surface area contributed by atoms with Crippen LogP contribution in [0.4, 0.5) is 0 Å².